The van der Waals surface area contributed by atoms with Gasteiger partial charge in [-0.2, -0.15) is 0 Å². The van der Waals surface area contributed by atoms with Gasteiger partial charge in [0, 0.05) is 11.1 Å². The average molecular weight is 278 g/mol. The number of rotatable bonds is 3. The van der Waals surface area contributed by atoms with Crippen molar-refractivity contribution in [2.75, 3.05) is 0 Å². The molecule has 0 spiro atoms. The molecule has 0 fully saturated rings. The highest BCUT2D eigenvalue weighted by molar-refractivity contribution is 7.17. The third kappa shape index (κ3) is 2.55. The number of carbonyl (C=O) groups is 1. The molecule has 2 rings (SSSR count). The third-order valence-electron chi connectivity index (χ3n) is 2.46. The number of phenolic OH excluding ortho intramolecular Hbond substituents is 1. The maximum Gasteiger partial charge on any atom is 0.347 e. The lowest BCUT2D eigenvalue weighted by Gasteiger charge is -2.01. The van der Waals surface area contributed by atoms with Crippen LogP contribution in [-0.4, -0.2) is 32.6 Å². The van der Waals surface area contributed by atoms with Crippen LogP contribution in [0.2, 0.25) is 0 Å². The van der Waals surface area contributed by atoms with Crippen LogP contribution in [0, 0.1) is 6.92 Å². The summed E-state index contributed by atoms with van der Waals surface area (Å²) in [5, 5.41) is 30.4. The van der Waals surface area contributed by atoms with Gasteiger partial charge in [0.2, 0.25) is 0 Å². The number of nitrogens with zero attached hydrogens (tertiary/aromatic N) is 2. The predicted molar refractivity (Wildman–Crippen MR) is 70.3 cm³/mol. The van der Waals surface area contributed by atoms with Crippen LogP contribution in [0.15, 0.2) is 23.4 Å². The maximum atomic E-state index is 11.0. The quantitative estimate of drug-likeness (QED) is 0.454. The van der Waals surface area contributed by atoms with Crippen LogP contribution in [0.1, 0.15) is 20.9 Å². The number of phenols is 1. The molecule has 0 atom stereocenters. The summed E-state index contributed by atoms with van der Waals surface area (Å²) in [6, 6.07) is 4.62. The number of hydrogen-bond acceptors (Lipinski definition) is 6. The SMILES string of the molecule is Cc1nc(-c2ccc(O)c(/C=N/O)c2)sc1C(=O)O. The number of hydrogen-bond donors (Lipinski definition) is 3. The van der Waals surface area contributed by atoms with Gasteiger partial charge in [-0.1, -0.05) is 5.16 Å². The Balaban J connectivity index is 2.50. The monoisotopic (exact) mass is 278 g/mol. The zero-order valence-electron chi connectivity index (χ0n) is 9.86. The van der Waals surface area contributed by atoms with Gasteiger partial charge in [0.15, 0.2) is 0 Å². The van der Waals surface area contributed by atoms with Gasteiger partial charge in [-0.3, -0.25) is 0 Å². The largest absolute Gasteiger partial charge is 0.507 e. The molecule has 1 heterocycles. The van der Waals surface area contributed by atoms with Crippen LogP contribution in [0.4, 0.5) is 0 Å². The van der Waals surface area contributed by atoms with E-state index in [4.69, 9.17) is 10.3 Å². The Morgan fingerprint density at radius 1 is 1.47 bits per heavy atom. The number of aromatic nitrogens is 1. The second kappa shape index (κ2) is 5.07. The minimum Gasteiger partial charge on any atom is -0.507 e. The predicted octanol–water partition coefficient (Wildman–Crippen LogP) is 2.33. The fourth-order valence-corrected chi connectivity index (χ4v) is 2.47. The van der Waals surface area contributed by atoms with Crippen molar-refractivity contribution >= 4 is 23.5 Å². The van der Waals surface area contributed by atoms with E-state index in [1.165, 1.54) is 6.07 Å². The van der Waals surface area contributed by atoms with E-state index in [2.05, 4.69) is 10.1 Å². The normalized spacial score (nSPS) is 11.0. The molecule has 6 nitrogen and oxygen atoms in total. The lowest BCUT2D eigenvalue weighted by atomic mass is 10.1. The minimum absolute atomic E-state index is 0.0340. The summed E-state index contributed by atoms with van der Waals surface area (Å²) in [6.45, 7) is 1.62. The topological polar surface area (TPSA) is 103 Å². The van der Waals surface area contributed by atoms with E-state index in [-0.39, 0.29) is 10.6 Å². The van der Waals surface area contributed by atoms with Gasteiger partial charge in [0.25, 0.3) is 0 Å². The standard InChI is InChI=1S/C12H10N2O4S/c1-6-10(12(16)17)19-11(14-6)7-2-3-9(15)8(4-7)5-13-18/h2-5,15,18H,1H3,(H,16,17)/b13-5+. The van der Waals surface area contributed by atoms with Gasteiger partial charge >= 0.3 is 5.97 Å². The van der Waals surface area contributed by atoms with Gasteiger partial charge in [-0.25, -0.2) is 9.78 Å². The van der Waals surface area contributed by atoms with E-state index in [9.17, 15) is 9.90 Å². The summed E-state index contributed by atoms with van der Waals surface area (Å²) in [7, 11) is 0. The summed E-state index contributed by atoms with van der Waals surface area (Å²) < 4.78 is 0. The number of carboxylic acids is 1. The zero-order valence-corrected chi connectivity index (χ0v) is 10.7. The Morgan fingerprint density at radius 2 is 2.21 bits per heavy atom. The van der Waals surface area contributed by atoms with Gasteiger partial charge in [-0.05, 0) is 25.1 Å². The van der Waals surface area contributed by atoms with Crippen molar-refractivity contribution in [3.8, 4) is 16.3 Å². The Morgan fingerprint density at radius 3 is 2.79 bits per heavy atom. The van der Waals surface area contributed by atoms with Crippen molar-refractivity contribution in [3.63, 3.8) is 0 Å². The van der Waals surface area contributed by atoms with Crippen molar-refractivity contribution in [1.82, 2.24) is 4.98 Å². The number of aromatic carboxylic acids is 1. The number of aryl methyl sites for hydroxylation is 1. The highest BCUT2D eigenvalue weighted by atomic mass is 32.1. The van der Waals surface area contributed by atoms with Crippen LogP contribution in [0.5, 0.6) is 5.75 Å². The molecule has 0 bridgehead atoms. The van der Waals surface area contributed by atoms with Crippen molar-refractivity contribution in [2.24, 2.45) is 5.16 Å². The lowest BCUT2D eigenvalue weighted by molar-refractivity contribution is 0.0701. The number of aromatic hydroxyl groups is 1. The van der Waals surface area contributed by atoms with Crippen molar-refractivity contribution in [3.05, 3.63) is 34.3 Å². The molecule has 0 aliphatic carbocycles. The number of benzene rings is 1. The molecule has 0 radical (unpaired) electrons. The Bertz CT molecular complexity index is 664. The Hall–Kier alpha value is -2.41. The molecule has 2 aromatic rings. The maximum absolute atomic E-state index is 11.0. The number of oxime groups is 1. The van der Waals surface area contributed by atoms with E-state index >= 15 is 0 Å². The second-order valence-electron chi connectivity index (χ2n) is 3.76. The van der Waals surface area contributed by atoms with Gasteiger partial charge in [0.1, 0.15) is 15.6 Å². The zero-order chi connectivity index (χ0) is 14.0. The molecule has 0 saturated heterocycles. The van der Waals surface area contributed by atoms with E-state index in [1.807, 2.05) is 0 Å². The van der Waals surface area contributed by atoms with Crippen LogP contribution in [0.3, 0.4) is 0 Å². The molecule has 0 aliphatic rings. The van der Waals surface area contributed by atoms with E-state index < -0.39 is 5.97 Å². The molecule has 0 unspecified atom stereocenters. The molecule has 3 N–H and O–H groups in total. The molecule has 0 saturated carbocycles. The molecule has 1 aromatic heterocycles. The van der Waals surface area contributed by atoms with Crippen molar-refractivity contribution in [2.45, 2.75) is 6.92 Å². The second-order valence-corrected chi connectivity index (χ2v) is 4.76. The highest BCUT2D eigenvalue weighted by Gasteiger charge is 2.15. The Kier molecular flexibility index (Phi) is 3.48. The fraction of sp³-hybridized carbons (Fsp3) is 0.0833. The summed E-state index contributed by atoms with van der Waals surface area (Å²) in [6.07, 6.45) is 1.09. The van der Waals surface area contributed by atoms with Gasteiger partial charge in [0.05, 0.1) is 11.9 Å². The highest BCUT2D eigenvalue weighted by Crippen LogP contribution is 2.30. The van der Waals surface area contributed by atoms with Crippen LogP contribution < -0.4 is 0 Å². The first-order chi connectivity index (χ1) is 9.02. The van der Waals surface area contributed by atoms with E-state index in [0.717, 1.165) is 17.6 Å². The summed E-state index contributed by atoms with van der Waals surface area (Å²) in [5.74, 6) is -1.05. The lowest BCUT2D eigenvalue weighted by Crippen LogP contribution is -1.94. The molecule has 19 heavy (non-hydrogen) atoms. The van der Waals surface area contributed by atoms with E-state index in [1.54, 1.807) is 19.1 Å². The molecule has 7 heteroatoms. The van der Waals surface area contributed by atoms with Crippen molar-refractivity contribution in [1.29, 1.82) is 0 Å². The van der Waals surface area contributed by atoms with E-state index in [0.29, 0.717) is 21.8 Å². The fourth-order valence-electron chi connectivity index (χ4n) is 1.57. The molecule has 0 amide bonds. The first kappa shape index (κ1) is 13.0. The molecular formula is C12H10N2O4S. The number of thiazole rings is 1. The summed E-state index contributed by atoms with van der Waals surface area (Å²) in [5.41, 5.74) is 1.41. The first-order valence-corrected chi connectivity index (χ1v) is 6.06. The van der Waals surface area contributed by atoms with Gasteiger partial charge in [-0.15, -0.1) is 11.3 Å². The summed E-state index contributed by atoms with van der Waals surface area (Å²) >= 11 is 1.05. The molecule has 98 valence electrons. The molecule has 1 aromatic carbocycles. The van der Waals surface area contributed by atoms with Gasteiger partial charge < -0.3 is 15.4 Å². The molecule has 0 aliphatic heterocycles. The Labute approximate surface area is 112 Å². The van der Waals surface area contributed by atoms with Crippen LogP contribution in [0.25, 0.3) is 10.6 Å². The van der Waals surface area contributed by atoms with Crippen LogP contribution in [-0.2, 0) is 0 Å². The third-order valence-corrected chi connectivity index (χ3v) is 3.66. The summed E-state index contributed by atoms with van der Waals surface area (Å²) in [4.78, 5) is 15.3. The average Bonchev–Trinajstić information content (AvgIpc) is 2.74. The smallest absolute Gasteiger partial charge is 0.347 e. The minimum atomic E-state index is -1.02. The first-order valence-electron chi connectivity index (χ1n) is 5.24. The molecular weight excluding hydrogens is 268 g/mol. The van der Waals surface area contributed by atoms with Crippen LogP contribution >= 0.6 is 11.3 Å². The van der Waals surface area contributed by atoms with Crippen molar-refractivity contribution < 1.29 is 20.2 Å². The number of carboxylic acid groups (broad SMARTS) is 1.